The van der Waals surface area contributed by atoms with Crippen molar-refractivity contribution in [2.45, 2.75) is 0 Å². The van der Waals surface area contributed by atoms with Gasteiger partial charge in [-0.15, -0.1) is 0 Å². The van der Waals surface area contributed by atoms with Crippen LogP contribution in [0.4, 0.5) is 0 Å². The molecule has 0 amide bonds. The maximum absolute atomic E-state index is 5.09. The number of rotatable bonds is 0. The summed E-state index contributed by atoms with van der Waals surface area (Å²) >= 11 is 0. The van der Waals surface area contributed by atoms with Crippen LogP contribution in [0.3, 0.4) is 0 Å². The molecule has 0 aliphatic rings. The number of fused-ring (bicyclic) bond motifs is 40. The second-order valence-electron chi connectivity index (χ2n) is 30.5. The molecular formula is C105H61N11. The lowest BCUT2D eigenvalue weighted by atomic mass is 9.97. The molecule has 0 bridgehead atoms. The molecule has 16 aromatic carbocycles. The lowest BCUT2D eigenvalue weighted by molar-refractivity contribution is 1.16. The highest BCUT2D eigenvalue weighted by molar-refractivity contribution is 6.27. The third-order valence-electron chi connectivity index (χ3n) is 23.9. The molecule has 0 aliphatic heterocycles. The largest absolute Gasteiger partial charge is 0.315 e. The van der Waals surface area contributed by atoms with Gasteiger partial charge in [0.15, 0.2) is 22.6 Å². The zero-order valence-corrected chi connectivity index (χ0v) is 62.1. The van der Waals surface area contributed by atoms with Gasteiger partial charge in [-0.05, 0) is 150 Å². The fraction of sp³-hybridized carbons (Fsp3) is 0. The molecule has 0 unspecified atom stereocenters. The van der Waals surface area contributed by atoms with Crippen LogP contribution >= 0.6 is 0 Å². The van der Waals surface area contributed by atoms with Crippen LogP contribution in [0, 0.1) is 0 Å². The Hall–Kier alpha value is -15.9. The van der Waals surface area contributed by atoms with Crippen molar-refractivity contribution in [3.63, 3.8) is 0 Å². The summed E-state index contributed by atoms with van der Waals surface area (Å²) < 4.78 is 9.04. The van der Waals surface area contributed by atoms with Crippen molar-refractivity contribution in [3.05, 3.63) is 371 Å². The van der Waals surface area contributed by atoms with Gasteiger partial charge in [-0.3, -0.25) is 13.2 Å². The molecule has 11 nitrogen and oxygen atoms in total. The van der Waals surface area contributed by atoms with Crippen LogP contribution in [0.2, 0.25) is 0 Å². The second kappa shape index (κ2) is 24.8. The van der Waals surface area contributed by atoms with Crippen LogP contribution < -0.4 is 0 Å². The summed E-state index contributed by atoms with van der Waals surface area (Å²) in [4.78, 5) is 33.7. The highest BCUT2D eigenvalue weighted by Crippen LogP contribution is 2.44. The fourth-order valence-electron chi connectivity index (χ4n) is 18.6. The first-order valence-electron chi connectivity index (χ1n) is 39.2. The van der Waals surface area contributed by atoms with Crippen molar-refractivity contribution in [1.82, 2.24) is 52.5 Å². The van der Waals surface area contributed by atoms with Crippen molar-refractivity contribution >= 4 is 240 Å². The molecule has 0 atom stereocenters. The van der Waals surface area contributed by atoms with E-state index in [0.717, 1.165) is 66.2 Å². The molecule has 11 heteroatoms. The van der Waals surface area contributed by atoms with Gasteiger partial charge in [0.05, 0.1) is 44.1 Å². The molecule has 0 saturated heterocycles. The number of hydrogen-bond donors (Lipinski definition) is 0. The average Bonchev–Trinajstić information content (AvgIpc) is 1.50. The molecule has 0 fully saturated rings. The van der Waals surface area contributed by atoms with E-state index in [9.17, 15) is 0 Å². The van der Waals surface area contributed by atoms with Crippen LogP contribution in [0.1, 0.15) is 0 Å². The number of benzene rings is 16. The van der Waals surface area contributed by atoms with E-state index in [4.69, 9.17) is 24.9 Å². The highest BCUT2D eigenvalue weighted by Gasteiger charge is 2.22. The summed E-state index contributed by atoms with van der Waals surface area (Å²) in [6.07, 6.45) is 12.1. The number of hydrogen-bond acceptors (Lipinski definition) is 7. The van der Waals surface area contributed by atoms with Crippen molar-refractivity contribution in [2.24, 2.45) is 0 Å². The Bertz CT molecular complexity index is 8090. The molecule has 0 saturated carbocycles. The lowest BCUT2D eigenvalue weighted by Gasteiger charge is -2.12. The second-order valence-corrected chi connectivity index (χ2v) is 30.5. The van der Waals surface area contributed by atoms with Crippen LogP contribution in [0.15, 0.2) is 371 Å². The minimum atomic E-state index is 0.555. The fourth-order valence-corrected chi connectivity index (χ4v) is 18.6. The van der Waals surface area contributed by atoms with Gasteiger partial charge in [0.1, 0.15) is 16.7 Å². The molecular weight excluding hydrogens is 1420 g/mol. The third kappa shape index (κ3) is 9.76. The highest BCUT2D eigenvalue weighted by atomic mass is 15.1. The summed E-state index contributed by atoms with van der Waals surface area (Å²) in [7, 11) is 0. The first kappa shape index (κ1) is 63.9. The lowest BCUT2D eigenvalue weighted by Crippen LogP contribution is -1.98. The minimum absolute atomic E-state index is 0.555. The van der Waals surface area contributed by atoms with Gasteiger partial charge < -0.3 is 4.40 Å². The van der Waals surface area contributed by atoms with Gasteiger partial charge in [0, 0.05) is 129 Å². The number of para-hydroxylation sites is 3. The SMILES string of the molecule is c1ccc2cc3c(cc2c1)c1cc2ccccc2cc1n1cc2ccccc2c31.c1ccc2cc3c(cc2c1)c1cc2ccccc2nc1n1cc2ccccc2c31.c1ccc2cc3c(cc2c1)c1nc2ccccc2nc1n1cc2ccccc2c31.c1ccc2cc3c(cc2c1)c1nc2nccnc2nc1n1cc2ccccc2c31. The summed E-state index contributed by atoms with van der Waals surface area (Å²) in [6.45, 7) is 0. The van der Waals surface area contributed by atoms with Crippen LogP contribution in [0.5, 0.6) is 0 Å². The summed E-state index contributed by atoms with van der Waals surface area (Å²) in [5.41, 5.74) is 14.6. The Kier molecular flexibility index (Phi) is 13.7. The smallest absolute Gasteiger partial charge is 0.199 e. The molecule has 0 N–H and O–H groups in total. The predicted octanol–water partition coefficient (Wildman–Crippen LogP) is 26.6. The molecule has 0 radical (unpaired) electrons. The quantitative estimate of drug-likeness (QED) is 0.110. The summed E-state index contributed by atoms with van der Waals surface area (Å²) in [6, 6.07) is 119. The van der Waals surface area contributed by atoms with Crippen molar-refractivity contribution < 1.29 is 0 Å². The van der Waals surface area contributed by atoms with Gasteiger partial charge in [-0.25, -0.2) is 34.9 Å². The van der Waals surface area contributed by atoms with Gasteiger partial charge in [-0.2, -0.15) is 0 Å². The Morgan fingerprint density at radius 3 is 0.897 bits per heavy atom. The van der Waals surface area contributed by atoms with Crippen molar-refractivity contribution in [3.8, 4) is 0 Å². The molecule has 12 aromatic heterocycles. The first-order valence-corrected chi connectivity index (χ1v) is 39.2. The topological polar surface area (TPSA) is 108 Å². The summed E-state index contributed by atoms with van der Waals surface area (Å²) in [5.74, 6) is 0. The normalized spacial score (nSPS) is 12.1. The Morgan fingerprint density at radius 1 is 0.172 bits per heavy atom. The monoisotopic (exact) mass is 1480 g/mol. The minimum Gasteiger partial charge on any atom is -0.315 e. The van der Waals surface area contributed by atoms with Crippen LogP contribution in [-0.4, -0.2) is 52.5 Å². The third-order valence-corrected chi connectivity index (χ3v) is 23.9. The summed E-state index contributed by atoms with van der Waals surface area (Å²) in [5, 5.41) is 35.9. The van der Waals surface area contributed by atoms with Gasteiger partial charge in [0.2, 0.25) is 0 Å². The molecule has 12 heterocycles. The maximum atomic E-state index is 5.09. The molecule has 116 heavy (non-hydrogen) atoms. The molecule has 0 aliphatic carbocycles. The first-order chi connectivity index (χ1) is 57.5. The Morgan fingerprint density at radius 2 is 0.448 bits per heavy atom. The van der Waals surface area contributed by atoms with Gasteiger partial charge in [-0.1, -0.05) is 249 Å². The van der Waals surface area contributed by atoms with Crippen molar-refractivity contribution in [2.75, 3.05) is 0 Å². The zero-order chi connectivity index (χ0) is 75.8. The Labute approximate surface area is 658 Å². The van der Waals surface area contributed by atoms with E-state index < -0.39 is 0 Å². The van der Waals surface area contributed by atoms with E-state index >= 15 is 0 Å². The van der Waals surface area contributed by atoms with E-state index in [-0.39, 0.29) is 0 Å². The van der Waals surface area contributed by atoms with Gasteiger partial charge >= 0.3 is 0 Å². The van der Waals surface area contributed by atoms with Gasteiger partial charge in [0.25, 0.3) is 0 Å². The maximum Gasteiger partial charge on any atom is 0.199 e. The number of pyridine rings is 5. The van der Waals surface area contributed by atoms with Crippen LogP contribution in [0.25, 0.3) is 240 Å². The van der Waals surface area contributed by atoms with E-state index in [1.165, 1.54) is 162 Å². The molecule has 28 rings (SSSR count). The molecule has 0 spiro atoms. The molecule has 28 aromatic rings. The average molecular weight is 1480 g/mol. The number of nitrogens with zero attached hydrogens (tertiary/aromatic N) is 11. The van der Waals surface area contributed by atoms with Crippen LogP contribution in [-0.2, 0) is 0 Å². The van der Waals surface area contributed by atoms with E-state index in [1.807, 2.05) is 24.3 Å². The van der Waals surface area contributed by atoms with E-state index in [2.05, 4.69) is 362 Å². The van der Waals surface area contributed by atoms with E-state index in [1.54, 1.807) is 12.4 Å². The molecule has 536 valence electrons. The predicted molar refractivity (Wildman–Crippen MR) is 484 cm³/mol. The Balaban J connectivity index is 0.0000000866. The van der Waals surface area contributed by atoms with E-state index in [0.29, 0.717) is 11.3 Å². The van der Waals surface area contributed by atoms with Crippen molar-refractivity contribution in [1.29, 1.82) is 0 Å². The number of aromatic nitrogens is 11. The zero-order valence-electron chi connectivity index (χ0n) is 62.1. The standard InChI is InChI=1S/C28H17N.C27H16N2.C26H15N3.C24H13N5/c1-2-9-20-15-26-24(13-18(20)7-1)25-14-19-8-3-4-10-21(19)16-27(25)29-17-22-11-5-6-12-23(22)28(26)29;1-2-8-18-14-23-22(13-17(18)7-1)24-15-19-9-4-6-12-25(19)28-27(24)29-16-20-10-3-5-11-21(20)26(23)29;1-2-8-17-14-21-20(13-16(17)7-1)24-26(28-23-12-6-5-11-22(23)27-24)29-15-18-9-3-4-10-19(18)25(21)29;1-2-6-15-12-19-18(11-14(15)5-1)20-24(28-23-22(27-20)25-9-10-26-23)29-13-16-7-3-4-8-17(16)21(19)29/h1-17H;1-16H;1-15H;1-13H.